The zero-order valence-electron chi connectivity index (χ0n) is 12.5. The molecule has 0 aliphatic heterocycles. The van der Waals surface area contributed by atoms with E-state index in [2.05, 4.69) is 17.3 Å². The van der Waals surface area contributed by atoms with E-state index in [9.17, 15) is 9.59 Å². The van der Waals surface area contributed by atoms with Crippen LogP contribution in [-0.4, -0.2) is 21.6 Å². The first kappa shape index (κ1) is 14.8. The normalized spacial score (nSPS) is 17.1. The fraction of sp³-hybridized carbons (Fsp3) is 0.400. The number of carbonyl (C=O) groups is 2. The summed E-state index contributed by atoms with van der Waals surface area (Å²) in [5, 5.41) is 7.41. The van der Waals surface area contributed by atoms with Crippen molar-refractivity contribution in [3.63, 3.8) is 0 Å². The Kier molecular flexibility index (Phi) is 3.74. The van der Waals surface area contributed by atoms with Gasteiger partial charge in [-0.2, -0.15) is 5.10 Å². The van der Waals surface area contributed by atoms with Gasteiger partial charge in [-0.3, -0.25) is 14.3 Å². The van der Waals surface area contributed by atoms with Crippen LogP contribution in [0.3, 0.4) is 0 Å². The van der Waals surface area contributed by atoms with Gasteiger partial charge >= 0.3 is 0 Å². The van der Waals surface area contributed by atoms with Gasteiger partial charge in [0.1, 0.15) is 5.00 Å². The molecule has 0 spiro atoms. The first-order chi connectivity index (χ1) is 10.5. The van der Waals surface area contributed by atoms with E-state index in [1.54, 1.807) is 24.0 Å². The molecule has 1 aliphatic carbocycles. The molecular formula is C15H18N4O2S. The summed E-state index contributed by atoms with van der Waals surface area (Å²) in [7, 11) is 1.75. The minimum Gasteiger partial charge on any atom is -0.365 e. The zero-order chi connectivity index (χ0) is 15.9. The number of nitrogens with zero attached hydrogens (tertiary/aromatic N) is 2. The van der Waals surface area contributed by atoms with Crippen molar-refractivity contribution < 1.29 is 9.59 Å². The predicted molar refractivity (Wildman–Crippen MR) is 85.2 cm³/mol. The van der Waals surface area contributed by atoms with Crippen molar-refractivity contribution in [2.24, 2.45) is 18.7 Å². The lowest BCUT2D eigenvalue weighted by molar-refractivity contribution is 0.1000. The number of rotatable bonds is 3. The maximum Gasteiger partial charge on any atom is 0.276 e. The van der Waals surface area contributed by atoms with Gasteiger partial charge in [0.05, 0.1) is 5.56 Å². The van der Waals surface area contributed by atoms with Crippen LogP contribution in [0.15, 0.2) is 12.3 Å². The highest BCUT2D eigenvalue weighted by Gasteiger charge is 2.27. The summed E-state index contributed by atoms with van der Waals surface area (Å²) in [6, 6.07) is 1.63. The van der Waals surface area contributed by atoms with Gasteiger partial charge in [0.15, 0.2) is 5.69 Å². The van der Waals surface area contributed by atoms with E-state index in [4.69, 9.17) is 5.73 Å². The molecule has 6 nitrogen and oxygen atoms in total. The average Bonchev–Trinajstić information content (AvgIpc) is 3.01. The minimum absolute atomic E-state index is 0.317. The molecule has 2 aromatic rings. The standard InChI is InChI=1S/C15H18N4O2S/c1-8-3-4-9-11(7-8)22-15(12(9)13(16)20)17-14(21)10-5-6-19(2)18-10/h5-6,8H,3-4,7H2,1-2H3,(H2,16,20)(H,17,21)/t8-/m0/s1. The third kappa shape index (κ3) is 2.64. The molecule has 116 valence electrons. The van der Waals surface area contributed by atoms with E-state index in [1.165, 1.54) is 11.3 Å². The Labute approximate surface area is 132 Å². The first-order valence-corrected chi connectivity index (χ1v) is 8.02. The number of nitrogens with one attached hydrogen (secondary N) is 1. The van der Waals surface area contributed by atoms with E-state index in [-0.39, 0.29) is 5.91 Å². The molecule has 3 rings (SSSR count). The second-order valence-corrected chi connectivity index (χ2v) is 6.85. The maximum absolute atomic E-state index is 12.2. The van der Waals surface area contributed by atoms with Gasteiger partial charge in [0.25, 0.3) is 11.8 Å². The lowest BCUT2D eigenvalue weighted by Gasteiger charge is -2.18. The highest BCUT2D eigenvalue weighted by atomic mass is 32.1. The summed E-state index contributed by atoms with van der Waals surface area (Å²) in [6.45, 7) is 2.19. The fourth-order valence-corrected chi connectivity index (χ4v) is 4.21. The number of thiophene rings is 1. The molecule has 0 saturated heterocycles. The van der Waals surface area contributed by atoms with Crippen molar-refractivity contribution in [2.45, 2.75) is 26.2 Å². The van der Waals surface area contributed by atoms with Gasteiger partial charge in [-0.15, -0.1) is 11.3 Å². The van der Waals surface area contributed by atoms with E-state index in [0.29, 0.717) is 22.2 Å². The van der Waals surface area contributed by atoms with Crippen LogP contribution in [0.5, 0.6) is 0 Å². The van der Waals surface area contributed by atoms with Crippen LogP contribution < -0.4 is 11.1 Å². The molecule has 0 unspecified atom stereocenters. The Balaban J connectivity index is 1.93. The number of nitrogens with two attached hydrogens (primary N) is 1. The zero-order valence-corrected chi connectivity index (χ0v) is 13.4. The molecule has 1 atom stereocenters. The molecule has 2 aromatic heterocycles. The lowest BCUT2D eigenvalue weighted by atomic mass is 9.88. The van der Waals surface area contributed by atoms with Crippen LogP contribution in [0.2, 0.25) is 0 Å². The smallest absolute Gasteiger partial charge is 0.276 e. The molecule has 3 N–H and O–H groups in total. The fourth-order valence-electron chi connectivity index (χ4n) is 2.80. The Bertz CT molecular complexity index is 747. The number of carbonyl (C=O) groups excluding carboxylic acids is 2. The molecular weight excluding hydrogens is 300 g/mol. The Hall–Kier alpha value is -2.15. The second-order valence-electron chi connectivity index (χ2n) is 5.75. The largest absolute Gasteiger partial charge is 0.365 e. The number of aryl methyl sites for hydroxylation is 1. The number of amides is 2. The second kappa shape index (κ2) is 5.57. The van der Waals surface area contributed by atoms with Gasteiger partial charge in [-0.1, -0.05) is 6.92 Å². The molecule has 2 amide bonds. The van der Waals surface area contributed by atoms with Gasteiger partial charge in [0.2, 0.25) is 0 Å². The summed E-state index contributed by atoms with van der Waals surface area (Å²) in [4.78, 5) is 25.2. The van der Waals surface area contributed by atoms with Crippen molar-refractivity contribution in [3.05, 3.63) is 34.0 Å². The Morgan fingerprint density at radius 3 is 2.91 bits per heavy atom. The summed E-state index contributed by atoms with van der Waals surface area (Å²) in [5.41, 5.74) is 7.33. The SMILES string of the molecule is C[C@H]1CCc2c(sc(NC(=O)c3ccn(C)n3)c2C(N)=O)C1. The third-order valence-corrected chi connectivity index (χ3v) is 5.10. The highest BCUT2D eigenvalue weighted by Crippen LogP contribution is 2.39. The topological polar surface area (TPSA) is 90.0 Å². The first-order valence-electron chi connectivity index (χ1n) is 7.21. The van der Waals surface area contributed by atoms with Crippen molar-refractivity contribution in [1.82, 2.24) is 9.78 Å². The molecule has 0 aromatic carbocycles. The average molecular weight is 318 g/mol. The van der Waals surface area contributed by atoms with Crippen molar-refractivity contribution in [3.8, 4) is 0 Å². The Morgan fingerprint density at radius 1 is 1.50 bits per heavy atom. The number of fused-ring (bicyclic) bond motifs is 1. The summed E-state index contributed by atoms with van der Waals surface area (Å²) in [5.74, 6) is -0.218. The van der Waals surface area contributed by atoms with Crippen LogP contribution in [0.1, 0.15) is 44.6 Å². The van der Waals surface area contributed by atoms with Crippen molar-refractivity contribution in [1.29, 1.82) is 0 Å². The molecule has 0 bridgehead atoms. The van der Waals surface area contributed by atoms with E-state index >= 15 is 0 Å². The number of hydrogen-bond donors (Lipinski definition) is 2. The maximum atomic E-state index is 12.2. The van der Waals surface area contributed by atoms with E-state index < -0.39 is 5.91 Å². The minimum atomic E-state index is -0.483. The van der Waals surface area contributed by atoms with E-state index in [1.807, 2.05) is 0 Å². The summed E-state index contributed by atoms with van der Waals surface area (Å²) < 4.78 is 1.56. The summed E-state index contributed by atoms with van der Waals surface area (Å²) >= 11 is 1.46. The van der Waals surface area contributed by atoms with Crippen LogP contribution >= 0.6 is 11.3 Å². The van der Waals surface area contributed by atoms with Gasteiger partial charge in [0, 0.05) is 18.1 Å². The van der Waals surface area contributed by atoms with Crippen molar-refractivity contribution >= 4 is 28.2 Å². The molecule has 0 saturated carbocycles. The highest BCUT2D eigenvalue weighted by molar-refractivity contribution is 7.17. The molecule has 2 heterocycles. The third-order valence-electron chi connectivity index (χ3n) is 3.93. The number of anilines is 1. The quantitative estimate of drug-likeness (QED) is 0.906. The van der Waals surface area contributed by atoms with Crippen molar-refractivity contribution in [2.75, 3.05) is 5.32 Å². The van der Waals surface area contributed by atoms with Crippen LogP contribution in [-0.2, 0) is 19.9 Å². The predicted octanol–water partition coefficient (Wildman–Crippen LogP) is 1.96. The van der Waals surface area contributed by atoms with Crippen LogP contribution in [0.25, 0.3) is 0 Å². The number of primary amides is 1. The van der Waals surface area contributed by atoms with Gasteiger partial charge in [-0.05, 0) is 36.8 Å². The number of aromatic nitrogens is 2. The van der Waals surface area contributed by atoms with Crippen LogP contribution in [0.4, 0.5) is 5.00 Å². The Morgan fingerprint density at radius 2 is 2.27 bits per heavy atom. The van der Waals surface area contributed by atoms with E-state index in [0.717, 1.165) is 29.7 Å². The molecule has 7 heteroatoms. The lowest BCUT2D eigenvalue weighted by Crippen LogP contribution is -2.19. The summed E-state index contributed by atoms with van der Waals surface area (Å²) in [6.07, 6.45) is 4.51. The molecule has 22 heavy (non-hydrogen) atoms. The van der Waals surface area contributed by atoms with Gasteiger partial charge in [-0.25, -0.2) is 0 Å². The molecule has 1 aliphatic rings. The monoisotopic (exact) mass is 318 g/mol. The van der Waals surface area contributed by atoms with Gasteiger partial charge < -0.3 is 11.1 Å². The van der Waals surface area contributed by atoms with Crippen LogP contribution in [0, 0.1) is 5.92 Å². The molecule has 0 radical (unpaired) electrons. The molecule has 0 fully saturated rings. The number of hydrogen-bond acceptors (Lipinski definition) is 4.